The van der Waals surface area contributed by atoms with Crippen LogP contribution in [0, 0.1) is 0 Å². The van der Waals surface area contributed by atoms with Gasteiger partial charge in [0.25, 0.3) is 0 Å². The number of aliphatic hydroxyl groups is 1. The highest BCUT2D eigenvalue weighted by Gasteiger charge is 2.08. The summed E-state index contributed by atoms with van der Waals surface area (Å²) < 4.78 is 7.33. The molecule has 3 rings (SSSR count). The molecule has 4 nitrogen and oxygen atoms in total. The van der Waals surface area contributed by atoms with E-state index in [4.69, 9.17) is 9.52 Å². The van der Waals surface area contributed by atoms with Crippen LogP contribution in [0.15, 0.2) is 59.5 Å². The molecule has 0 saturated carbocycles. The summed E-state index contributed by atoms with van der Waals surface area (Å²) in [5.74, 6) is 1.68. The minimum absolute atomic E-state index is 0.0984. The maximum atomic E-state index is 9.05. The monoisotopic (exact) mass is 254 g/mol. The van der Waals surface area contributed by atoms with Crippen molar-refractivity contribution in [2.75, 3.05) is 6.61 Å². The van der Waals surface area contributed by atoms with Gasteiger partial charge in [-0.3, -0.25) is 0 Å². The van der Waals surface area contributed by atoms with Crippen LogP contribution < -0.4 is 0 Å². The van der Waals surface area contributed by atoms with Crippen LogP contribution in [-0.4, -0.2) is 21.3 Å². The van der Waals surface area contributed by atoms with E-state index in [-0.39, 0.29) is 6.61 Å². The molecule has 19 heavy (non-hydrogen) atoms. The Morgan fingerprint density at radius 3 is 2.84 bits per heavy atom. The second kappa shape index (κ2) is 5.12. The Balaban J connectivity index is 2.01. The summed E-state index contributed by atoms with van der Waals surface area (Å²) in [5.41, 5.74) is 2.02. The average molecular weight is 254 g/mol. The Morgan fingerprint density at radius 2 is 2.05 bits per heavy atom. The van der Waals surface area contributed by atoms with Gasteiger partial charge in [0.1, 0.15) is 11.6 Å². The van der Waals surface area contributed by atoms with Crippen LogP contribution in [0.5, 0.6) is 0 Å². The molecule has 0 spiro atoms. The third kappa shape index (κ3) is 2.30. The molecule has 2 heterocycles. The third-order valence-corrected chi connectivity index (χ3v) is 2.98. The summed E-state index contributed by atoms with van der Waals surface area (Å²) in [5, 5.41) is 9.05. The number of aliphatic hydroxyl groups excluding tert-OH is 1. The normalized spacial score (nSPS) is 10.8. The van der Waals surface area contributed by atoms with Crippen molar-refractivity contribution in [3.05, 3.63) is 55.1 Å². The first-order valence-electron chi connectivity index (χ1n) is 6.15. The highest BCUT2D eigenvalue weighted by atomic mass is 16.3. The van der Waals surface area contributed by atoms with Crippen molar-refractivity contribution in [1.82, 2.24) is 9.55 Å². The first kappa shape index (κ1) is 11.7. The van der Waals surface area contributed by atoms with Crippen LogP contribution in [0.1, 0.15) is 0 Å². The molecule has 1 aromatic carbocycles. The van der Waals surface area contributed by atoms with E-state index in [1.807, 2.05) is 47.2 Å². The summed E-state index contributed by atoms with van der Waals surface area (Å²) in [6.07, 6.45) is 5.27. The maximum Gasteiger partial charge on any atom is 0.139 e. The van der Waals surface area contributed by atoms with Gasteiger partial charge in [0, 0.05) is 30.1 Å². The van der Waals surface area contributed by atoms with Gasteiger partial charge >= 0.3 is 0 Å². The molecule has 4 heteroatoms. The van der Waals surface area contributed by atoms with E-state index >= 15 is 0 Å². The SMILES string of the molecule is OCCn1ccnc1-c1cccc(-c2ccco2)c1. The van der Waals surface area contributed by atoms with Crippen LogP contribution >= 0.6 is 0 Å². The number of rotatable bonds is 4. The fourth-order valence-electron chi connectivity index (χ4n) is 2.11. The number of furan rings is 1. The van der Waals surface area contributed by atoms with Gasteiger partial charge in [0.2, 0.25) is 0 Å². The molecule has 96 valence electrons. The van der Waals surface area contributed by atoms with Gasteiger partial charge in [-0.25, -0.2) is 4.98 Å². The van der Waals surface area contributed by atoms with E-state index in [2.05, 4.69) is 4.98 Å². The predicted octanol–water partition coefficient (Wildman–Crippen LogP) is 2.80. The van der Waals surface area contributed by atoms with Gasteiger partial charge in [0.15, 0.2) is 0 Å². The summed E-state index contributed by atoms with van der Waals surface area (Å²) in [6, 6.07) is 11.8. The Bertz CT molecular complexity index is 656. The number of benzene rings is 1. The molecule has 0 aliphatic carbocycles. The molecule has 0 unspecified atom stereocenters. The Morgan fingerprint density at radius 1 is 1.16 bits per heavy atom. The average Bonchev–Trinajstić information content (AvgIpc) is 3.10. The van der Waals surface area contributed by atoms with Crippen molar-refractivity contribution in [3.8, 4) is 22.7 Å². The summed E-state index contributed by atoms with van der Waals surface area (Å²) in [4.78, 5) is 4.35. The van der Waals surface area contributed by atoms with Crippen molar-refractivity contribution in [2.45, 2.75) is 6.54 Å². The van der Waals surface area contributed by atoms with Crippen molar-refractivity contribution in [3.63, 3.8) is 0 Å². The quantitative estimate of drug-likeness (QED) is 0.779. The third-order valence-electron chi connectivity index (χ3n) is 2.98. The van der Waals surface area contributed by atoms with E-state index in [1.54, 1.807) is 12.5 Å². The molecule has 3 aromatic rings. The number of hydrogen-bond donors (Lipinski definition) is 1. The molecular weight excluding hydrogens is 240 g/mol. The first-order chi connectivity index (χ1) is 9.38. The molecule has 0 atom stereocenters. The molecule has 0 aliphatic rings. The van der Waals surface area contributed by atoms with Crippen LogP contribution in [-0.2, 0) is 6.54 Å². The van der Waals surface area contributed by atoms with Gasteiger partial charge in [-0.2, -0.15) is 0 Å². The zero-order valence-corrected chi connectivity index (χ0v) is 10.4. The summed E-state index contributed by atoms with van der Waals surface area (Å²) in [7, 11) is 0. The van der Waals surface area contributed by atoms with E-state index in [0.717, 1.165) is 22.7 Å². The number of nitrogens with zero attached hydrogens (tertiary/aromatic N) is 2. The number of hydrogen-bond acceptors (Lipinski definition) is 3. The van der Waals surface area contributed by atoms with Crippen LogP contribution in [0.25, 0.3) is 22.7 Å². The zero-order chi connectivity index (χ0) is 13.1. The molecule has 0 bridgehead atoms. The standard InChI is InChI=1S/C15H14N2O2/c18-9-8-17-7-6-16-15(17)13-4-1-3-12(11-13)14-5-2-10-19-14/h1-7,10-11,18H,8-9H2. The lowest BCUT2D eigenvalue weighted by Crippen LogP contribution is -2.02. The van der Waals surface area contributed by atoms with Crippen LogP contribution in [0.4, 0.5) is 0 Å². The number of imidazole rings is 1. The highest BCUT2D eigenvalue weighted by Crippen LogP contribution is 2.25. The second-order valence-corrected chi connectivity index (χ2v) is 4.23. The minimum Gasteiger partial charge on any atom is -0.464 e. The van der Waals surface area contributed by atoms with Gasteiger partial charge in [0.05, 0.1) is 12.9 Å². The van der Waals surface area contributed by atoms with Gasteiger partial charge in [-0.05, 0) is 18.2 Å². The number of aromatic nitrogens is 2. The highest BCUT2D eigenvalue weighted by molar-refractivity contribution is 5.67. The molecule has 1 N–H and O–H groups in total. The molecule has 2 aromatic heterocycles. The van der Waals surface area contributed by atoms with E-state index in [9.17, 15) is 0 Å². The van der Waals surface area contributed by atoms with Crippen molar-refractivity contribution in [1.29, 1.82) is 0 Å². The largest absolute Gasteiger partial charge is 0.464 e. The lowest BCUT2D eigenvalue weighted by Gasteiger charge is -2.07. The molecular formula is C15H14N2O2. The van der Waals surface area contributed by atoms with Gasteiger partial charge < -0.3 is 14.1 Å². The van der Waals surface area contributed by atoms with Crippen molar-refractivity contribution >= 4 is 0 Å². The molecule has 0 aliphatic heterocycles. The molecule has 0 radical (unpaired) electrons. The smallest absolute Gasteiger partial charge is 0.139 e. The lowest BCUT2D eigenvalue weighted by atomic mass is 10.1. The van der Waals surface area contributed by atoms with E-state index in [0.29, 0.717) is 6.54 Å². The molecule has 0 saturated heterocycles. The van der Waals surface area contributed by atoms with Gasteiger partial charge in [-0.15, -0.1) is 0 Å². The topological polar surface area (TPSA) is 51.2 Å². The fourth-order valence-corrected chi connectivity index (χ4v) is 2.11. The first-order valence-corrected chi connectivity index (χ1v) is 6.15. The molecule has 0 fully saturated rings. The van der Waals surface area contributed by atoms with Crippen molar-refractivity contribution < 1.29 is 9.52 Å². The van der Waals surface area contributed by atoms with Gasteiger partial charge in [-0.1, -0.05) is 18.2 Å². The maximum absolute atomic E-state index is 9.05. The van der Waals surface area contributed by atoms with Crippen LogP contribution in [0.3, 0.4) is 0 Å². The van der Waals surface area contributed by atoms with Crippen molar-refractivity contribution in [2.24, 2.45) is 0 Å². The summed E-state index contributed by atoms with van der Waals surface area (Å²) in [6.45, 7) is 0.640. The fraction of sp³-hybridized carbons (Fsp3) is 0.133. The molecule has 0 amide bonds. The lowest BCUT2D eigenvalue weighted by molar-refractivity contribution is 0.276. The summed E-state index contributed by atoms with van der Waals surface area (Å²) >= 11 is 0. The van der Waals surface area contributed by atoms with Crippen LogP contribution in [0.2, 0.25) is 0 Å². The Kier molecular flexibility index (Phi) is 3.16. The second-order valence-electron chi connectivity index (χ2n) is 4.23. The zero-order valence-electron chi connectivity index (χ0n) is 10.4. The Hall–Kier alpha value is -2.33. The predicted molar refractivity (Wildman–Crippen MR) is 72.5 cm³/mol. The Labute approximate surface area is 111 Å². The van der Waals surface area contributed by atoms with E-state index in [1.165, 1.54) is 0 Å². The minimum atomic E-state index is 0.0984. The van der Waals surface area contributed by atoms with E-state index < -0.39 is 0 Å².